The minimum atomic E-state index is -3.86. The van der Waals surface area contributed by atoms with Crippen LogP contribution in [0.15, 0.2) is 51.8 Å². The number of carbonyl (C=O) groups is 1. The van der Waals surface area contributed by atoms with Crippen LogP contribution >= 0.6 is 15.9 Å². The summed E-state index contributed by atoms with van der Waals surface area (Å²) >= 11 is 3.27. The lowest BCUT2D eigenvalue weighted by Crippen LogP contribution is -2.36. The molecule has 0 spiro atoms. The third-order valence-electron chi connectivity index (χ3n) is 3.96. The number of nitrogens with one attached hydrogen (secondary N) is 1. The molecule has 2 N–H and O–H groups in total. The Morgan fingerprint density at radius 3 is 2.38 bits per heavy atom. The van der Waals surface area contributed by atoms with Gasteiger partial charge in [-0.05, 0) is 42.5 Å². The van der Waals surface area contributed by atoms with Gasteiger partial charge in [-0.2, -0.15) is 0 Å². The molecule has 3 rings (SSSR count). The van der Waals surface area contributed by atoms with Crippen molar-refractivity contribution in [3.63, 3.8) is 0 Å². The minimum Gasteiger partial charge on any atom is -0.478 e. The predicted molar refractivity (Wildman–Crippen MR) is 101 cm³/mol. The molecular weight excluding hydrogens is 424 g/mol. The summed E-state index contributed by atoms with van der Waals surface area (Å²) in [6, 6.07) is 10.6. The molecule has 1 fully saturated rings. The van der Waals surface area contributed by atoms with Crippen molar-refractivity contribution in [3.05, 3.63) is 52.5 Å². The van der Waals surface area contributed by atoms with Crippen molar-refractivity contribution in [2.75, 3.05) is 35.9 Å². The number of halogens is 1. The molecule has 2 aromatic carbocycles. The minimum absolute atomic E-state index is 0.00974. The number of sulfonamides is 1. The normalized spacial score (nSPS) is 14.9. The lowest BCUT2D eigenvalue weighted by molar-refractivity contribution is 0.0697. The van der Waals surface area contributed by atoms with Crippen LogP contribution in [0.5, 0.6) is 0 Å². The van der Waals surface area contributed by atoms with Gasteiger partial charge in [-0.15, -0.1) is 0 Å². The zero-order valence-electron chi connectivity index (χ0n) is 13.7. The van der Waals surface area contributed by atoms with E-state index in [0.717, 1.165) is 4.47 Å². The second kappa shape index (κ2) is 7.65. The van der Waals surface area contributed by atoms with E-state index in [2.05, 4.69) is 20.7 Å². The van der Waals surface area contributed by atoms with Gasteiger partial charge in [-0.1, -0.05) is 15.9 Å². The van der Waals surface area contributed by atoms with Gasteiger partial charge >= 0.3 is 5.97 Å². The highest BCUT2D eigenvalue weighted by Crippen LogP contribution is 2.30. The number of hydrogen-bond acceptors (Lipinski definition) is 5. The van der Waals surface area contributed by atoms with E-state index in [9.17, 15) is 18.3 Å². The summed E-state index contributed by atoms with van der Waals surface area (Å²) in [7, 11) is -3.86. The molecule has 0 unspecified atom stereocenters. The van der Waals surface area contributed by atoms with Crippen LogP contribution in [0.2, 0.25) is 0 Å². The molecule has 2 aromatic rings. The number of ether oxygens (including phenoxy) is 1. The average molecular weight is 441 g/mol. The smallest absolute Gasteiger partial charge is 0.335 e. The number of rotatable bonds is 5. The van der Waals surface area contributed by atoms with Crippen molar-refractivity contribution in [2.24, 2.45) is 0 Å². The molecule has 138 valence electrons. The standard InChI is InChI=1S/C17H17BrN2O5S/c18-13-2-4-14(5-3-13)26(23,24)19-15-11-12(17(21)22)1-6-16(15)20-7-9-25-10-8-20/h1-6,11,19H,7-10H2,(H,21,22). The third-order valence-corrected chi connectivity index (χ3v) is 5.87. The maximum Gasteiger partial charge on any atom is 0.335 e. The summed E-state index contributed by atoms with van der Waals surface area (Å²) in [5.74, 6) is -1.12. The van der Waals surface area contributed by atoms with Crippen molar-refractivity contribution in [1.29, 1.82) is 0 Å². The molecule has 0 radical (unpaired) electrons. The number of carboxylic acid groups (broad SMARTS) is 1. The summed E-state index contributed by atoms with van der Waals surface area (Å²) in [6.45, 7) is 2.25. The second-order valence-electron chi connectivity index (χ2n) is 5.70. The van der Waals surface area contributed by atoms with Gasteiger partial charge in [-0.3, -0.25) is 4.72 Å². The molecule has 0 amide bonds. The lowest BCUT2D eigenvalue weighted by atomic mass is 10.1. The fraction of sp³-hybridized carbons (Fsp3) is 0.235. The first kappa shape index (κ1) is 18.7. The molecule has 1 saturated heterocycles. The Kier molecular flexibility index (Phi) is 5.49. The van der Waals surface area contributed by atoms with Crippen LogP contribution in [-0.4, -0.2) is 45.8 Å². The Morgan fingerprint density at radius 2 is 1.77 bits per heavy atom. The Balaban J connectivity index is 1.99. The van der Waals surface area contributed by atoms with E-state index < -0.39 is 16.0 Å². The number of carboxylic acids is 1. The molecule has 0 atom stereocenters. The number of morpholine rings is 1. The molecule has 1 aliphatic rings. The highest BCUT2D eigenvalue weighted by molar-refractivity contribution is 9.10. The van der Waals surface area contributed by atoms with Gasteiger partial charge < -0.3 is 14.7 Å². The number of anilines is 2. The summed E-state index contributed by atoms with van der Waals surface area (Å²) in [4.78, 5) is 13.4. The molecule has 0 bridgehead atoms. The summed E-state index contributed by atoms with van der Waals surface area (Å²) in [6.07, 6.45) is 0. The monoisotopic (exact) mass is 440 g/mol. The molecule has 0 aliphatic carbocycles. The molecular formula is C17H17BrN2O5S. The Bertz CT molecular complexity index is 909. The Labute approximate surface area is 159 Å². The molecule has 26 heavy (non-hydrogen) atoms. The largest absolute Gasteiger partial charge is 0.478 e. The molecule has 9 heteroatoms. The summed E-state index contributed by atoms with van der Waals surface area (Å²) < 4.78 is 34.0. The van der Waals surface area contributed by atoms with Crippen LogP contribution in [0.1, 0.15) is 10.4 Å². The Hall–Kier alpha value is -2.10. The number of hydrogen-bond donors (Lipinski definition) is 2. The van der Waals surface area contributed by atoms with Crippen molar-refractivity contribution < 1.29 is 23.1 Å². The number of nitrogens with zero attached hydrogens (tertiary/aromatic N) is 1. The SMILES string of the molecule is O=C(O)c1ccc(N2CCOCC2)c(NS(=O)(=O)c2ccc(Br)cc2)c1. The summed E-state index contributed by atoms with van der Waals surface area (Å²) in [5, 5.41) is 9.24. The topological polar surface area (TPSA) is 95.9 Å². The van der Waals surface area contributed by atoms with E-state index in [1.54, 1.807) is 18.2 Å². The van der Waals surface area contributed by atoms with Gasteiger partial charge in [0.1, 0.15) is 0 Å². The van der Waals surface area contributed by atoms with Crippen LogP contribution < -0.4 is 9.62 Å². The average Bonchev–Trinajstić information content (AvgIpc) is 2.62. The van der Waals surface area contributed by atoms with Crippen molar-refractivity contribution in [3.8, 4) is 0 Å². The van der Waals surface area contributed by atoms with E-state index in [0.29, 0.717) is 32.0 Å². The van der Waals surface area contributed by atoms with E-state index in [-0.39, 0.29) is 16.1 Å². The van der Waals surface area contributed by atoms with E-state index in [1.807, 2.05) is 4.90 Å². The molecule has 1 aliphatic heterocycles. The maximum absolute atomic E-state index is 12.7. The maximum atomic E-state index is 12.7. The quantitative estimate of drug-likeness (QED) is 0.741. The van der Waals surface area contributed by atoms with Crippen molar-refractivity contribution >= 4 is 43.3 Å². The van der Waals surface area contributed by atoms with Crippen LogP contribution in [0.3, 0.4) is 0 Å². The van der Waals surface area contributed by atoms with Crippen LogP contribution in [-0.2, 0) is 14.8 Å². The molecule has 0 saturated carbocycles. The van der Waals surface area contributed by atoms with Gasteiger partial charge in [0.05, 0.1) is 35.0 Å². The first-order valence-corrected chi connectivity index (χ1v) is 10.1. The Morgan fingerprint density at radius 1 is 1.12 bits per heavy atom. The van der Waals surface area contributed by atoms with E-state index in [1.165, 1.54) is 24.3 Å². The predicted octanol–water partition coefficient (Wildman–Crippen LogP) is 2.78. The fourth-order valence-electron chi connectivity index (χ4n) is 2.65. The first-order chi connectivity index (χ1) is 12.4. The van der Waals surface area contributed by atoms with Gasteiger partial charge in [-0.25, -0.2) is 13.2 Å². The first-order valence-electron chi connectivity index (χ1n) is 7.85. The molecule has 1 heterocycles. The van der Waals surface area contributed by atoms with Gasteiger partial charge in [0.25, 0.3) is 10.0 Å². The second-order valence-corrected chi connectivity index (χ2v) is 8.29. The number of aromatic carboxylic acids is 1. The number of benzene rings is 2. The third kappa shape index (κ3) is 4.17. The van der Waals surface area contributed by atoms with Gasteiger partial charge in [0.2, 0.25) is 0 Å². The van der Waals surface area contributed by atoms with Crippen LogP contribution in [0.4, 0.5) is 11.4 Å². The van der Waals surface area contributed by atoms with Gasteiger partial charge in [0, 0.05) is 17.6 Å². The van der Waals surface area contributed by atoms with Crippen LogP contribution in [0, 0.1) is 0 Å². The lowest BCUT2D eigenvalue weighted by Gasteiger charge is -2.30. The van der Waals surface area contributed by atoms with Crippen LogP contribution in [0.25, 0.3) is 0 Å². The highest BCUT2D eigenvalue weighted by atomic mass is 79.9. The summed E-state index contributed by atoms with van der Waals surface area (Å²) in [5.41, 5.74) is 0.865. The molecule has 0 aromatic heterocycles. The van der Waals surface area contributed by atoms with Crippen molar-refractivity contribution in [1.82, 2.24) is 0 Å². The fourth-order valence-corrected chi connectivity index (χ4v) is 3.98. The zero-order valence-corrected chi connectivity index (χ0v) is 16.1. The highest BCUT2D eigenvalue weighted by Gasteiger charge is 2.21. The van der Waals surface area contributed by atoms with E-state index in [4.69, 9.17) is 4.74 Å². The zero-order chi connectivity index (χ0) is 18.7. The van der Waals surface area contributed by atoms with Gasteiger partial charge in [0.15, 0.2) is 0 Å². The van der Waals surface area contributed by atoms with E-state index >= 15 is 0 Å². The van der Waals surface area contributed by atoms with Crippen molar-refractivity contribution in [2.45, 2.75) is 4.90 Å². The molecule has 7 nitrogen and oxygen atoms in total.